The van der Waals surface area contributed by atoms with Gasteiger partial charge in [-0.2, -0.15) is 0 Å². The second-order valence-corrected chi connectivity index (χ2v) is 4.68. The van der Waals surface area contributed by atoms with Crippen LogP contribution >= 0.6 is 11.3 Å². The third-order valence-electron chi connectivity index (χ3n) is 2.17. The minimum atomic E-state index is 1.15. The van der Waals surface area contributed by atoms with Crippen LogP contribution in [0.15, 0.2) is 18.2 Å². The lowest BCUT2D eigenvalue weighted by Crippen LogP contribution is -1.88. The fraction of sp³-hybridized carbons (Fsp3) is 0.364. The molecule has 1 aliphatic carbocycles. The van der Waals surface area contributed by atoms with Crippen LogP contribution in [0.1, 0.15) is 28.4 Å². The summed E-state index contributed by atoms with van der Waals surface area (Å²) in [5, 5.41) is 1.16. The summed E-state index contributed by atoms with van der Waals surface area (Å²) in [6, 6.07) is 0. The Hall–Kier alpha value is -0.890. The Labute approximate surface area is 82.8 Å². The Morgan fingerprint density at radius 1 is 1.31 bits per heavy atom. The van der Waals surface area contributed by atoms with Gasteiger partial charge in [0, 0.05) is 4.88 Å². The standard InChI is InChI=1S/C11H13NS/c1-8-11(12-9(2)13-8)10-6-4-3-5-7-10/h4,6-7H,3,5H2,1-2H3. The van der Waals surface area contributed by atoms with Gasteiger partial charge in [0.2, 0.25) is 0 Å². The van der Waals surface area contributed by atoms with Crippen molar-refractivity contribution >= 4 is 16.9 Å². The lowest BCUT2D eigenvalue weighted by Gasteiger charge is -2.04. The Morgan fingerprint density at radius 2 is 2.15 bits per heavy atom. The molecule has 0 bridgehead atoms. The Kier molecular flexibility index (Phi) is 2.32. The fourth-order valence-electron chi connectivity index (χ4n) is 1.59. The van der Waals surface area contributed by atoms with E-state index in [0.29, 0.717) is 0 Å². The minimum absolute atomic E-state index is 1.15. The molecule has 2 heteroatoms. The van der Waals surface area contributed by atoms with Gasteiger partial charge in [-0.15, -0.1) is 11.3 Å². The molecule has 0 radical (unpaired) electrons. The van der Waals surface area contributed by atoms with Crippen molar-refractivity contribution in [3.05, 3.63) is 33.8 Å². The summed E-state index contributed by atoms with van der Waals surface area (Å²) < 4.78 is 0. The smallest absolute Gasteiger partial charge is 0.0904 e. The molecule has 0 spiro atoms. The van der Waals surface area contributed by atoms with E-state index in [1.807, 2.05) is 0 Å². The minimum Gasteiger partial charge on any atom is -0.241 e. The molecule has 0 atom stereocenters. The van der Waals surface area contributed by atoms with E-state index in [2.05, 4.69) is 37.1 Å². The van der Waals surface area contributed by atoms with E-state index >= 15 is 0 Å². The molecule has 13 heavy (non-hydrogen) atoms. The van der Waals surface area contributed by atoms with Gasteiger partial charge < -0.3 is 0 Å². The topological polar surface area (TPSA) is 12.9 Å². The Bertz CT molecular complexity index is 371. The highest BCUT2D eigenvalue weighted by Gasteiger charge is 2.08. The second kappa shape index (κ2) is 3.46. The number of allylic oxidation sites excluding steroid dienone is 4. The predicted molar refractivity (Wildman–Crippen MR) is 57.9 cm³/mol. The molecular weight excluding hydrogens is 178 g/mol. The third kappa shape index (κ3) is 1.73. The highest BCUT2D eigenvalue weighted by molar-refractivity contribution is 7.11. The molecule has 0 fully saturated rings. The first-order chi connectivity index (χ1) is 6.27. The van der Waals surface area contributed by atoms with Gasteiger partial charge in [0.25, 0.3) is 0 Å². The zero-order chi connectivity index (χ0) is 9.26. The van der Waals surface area contributed by atoms with Gasteiger partial charge in [-0.3, -0.25) is 0 Å². The molecule has 0 saturated carbocycles. The summed E-state index contributed by atoms with van der Waals surface area (Å²) in [6.45, 7) is 4.21. The first-order valence-corrected chi connectivity index (χ1v) is 5.40. The van der Waals surface area contributed by atoms with Crippen molar-refractivity contribution < 1.29 is 0 Å². The van der Waals surface area contributed by atoms with E-state index in [0.717, 1.165) is 11.4 Å². The summed E-state index contributed by atoms with van der Waals surface area (Å²) in [7, 11) is 0. The molecule has 0 saturated heterocycles. The van der Waals surface area contributed by atoms with Gasteiger partial charge in [-0.1, -0.05) is 18.2 Å². The van der Waals surface area contributed by atoms with Crippen LogP contribution in [0.2, 0.25) is 0 Å². The average Bonchev–Trinajstić information content (AvgIpc) is 2.47. The number of hydrogen-bond acceptors (Lipinski definition) is 2. The lowest BCUT2D eigenvalue weighted by atomic mass is 10.0. The summed E-state index contributed by atoms with van der Waals surface area (Å²) >= 11 is 1.78. The van der Waals surface area contributed by atoms with Gasteiger partial charge in [0.05, 0.1) is 10.7 Å². The van der Waals surface area contributed by atoms with Crippen LogP contribution in [-0.4, -0.2) is 4.98 Å². The number of nitrogens with zero attached hydrogens (tertiary/aromatic N) is 1. The molecule has 0 aliphatic heterocycles. The number of hydrogen-bond donors (Lipinski definition) is 0. The normalized spacial score (nSPS) is 16.0. The van der Waals surface area contributed by atoms with Crippen molar-refractivity contribution in [2.75, 3.05) is 0 Å². The third-order valence-corrected chi connectivity index (χ3v) is 3.06. The Balaban J connectivity index is 2.39. The van der Waals surface area contributed by atoms with Crippen molar-refractivity contribution in [1.82, 2.24) is 4.98 Å². The largest absolute Gasteiger partial charge is 0.241 e. The molecule has 0 aromatic carbocycles. The molecule has 0 amide bonds. The van der Waals surface area contributed by atoms with Crippen LogP contribution in [0, 0.1) is 13.8 Å². The quantitative estimate of drug-likeness (QED) is 0.662. The molecule has 1 nitrogen and oxygen atoms in total. The zero-order valence-corrected chi connectivity index (χ0v) is 8.82. The second-order valence-electron chi connectivity index (χ2n) is 3.28. The Morgan fingerprint density at radius 3 is 2.69 bits per heavy atom. The van der Waals surface area contributed by atoms with Crippen LogP contribution in [0.25, 0.3) is 5.57 Å². The first-order valence-electron chi connectivity index (χ1n) is 4.58. The van der Waals surface area contributed by atoms with Gasteiger partial charge in [0.1, 0.15) is 0 Å². The van der Waals surface area contributed by atoms with E-state index in [1.165, 1.54) is 22.6 Å². The summed E-state index contributed by atoms with van der Waals surface area (Å²) in [5.74, 6) is 0. The van der Waals surface area contributed by atoms with Gasteiger partial charge in [-0.05, 0) is 32.3 Å². The van der Waals surface area contributed by atoms with Crippen LogP contribution in [0.5, 0.6) is 0 Å². The number of thiazole rings is 1. The highest BCUT2D eigenvalue weighted by Crippen LogP contribution is 2.26. The molecule has 1 aromatic heterocycles. The van der Waals surface area contributed by atoms with Crippen LogP contribution in [0.3, 0.4) is 0 Å². The summed E-state index contributed by atoms with van der Waals surface area (Å²) in [6.07, 6.45) is 9.02. The first kappa shape index (κ1) is 8.70. The van der Waals surface area contributed by atoms with Gasteiger partial charge in [-0.25, -0.2) is 4.98 Å². The molecule has 0 unspecified atom stereocenters. The summed E-state index contributed by atoms with van der Waals surface area (Å²) in [5.41, 5.74) is 2.48. The van der Waals surface area contributed by atoms with E-state index in [1.54, 1.807) is 11.3 Å². The van der Waals surface area contributed by atoms with Crippen LogP contribution in [0.4, 0.5) is 0 Å². The number of aryl methyl sites for hydroxylation is 2. The SMILES string of the molecule is Cc1nc(C2=CCCC=C2)c(C)s1. The maximum atomic E-state index is 4.53. The fourth-order valence-corrected chi connectivity index (χ4v) is 2.43. The van der Waals surface area contributed by atoms with E-state index in [9.17, 15) is 0 Å². The van der Waals surface area contributed by atoms with E-state index in [-0.39, 0.29) is 0 Å². The van der Waals surface area contributed by atoms with Crippen molar-refractivity contribution in [2.45, 2.75) is 26.7 Å². The molecule has 1 aromatic rings. The van der Waals surface area contributed by atoms with Crippen molar-refractivity contribution in [3.8, 4) is 0 Å². The highest BCUT2D eigenvalue weighted by atomic mass is 32.1. The van der Waals surface area contributed by atoms with Crippen molar-refractivity contribution in [3.63, 3.8) is 0 Å². The molecule has 68 valence electrons. The molecule has 2 rings (SSSR count). The van der Waals surface area contributed by atoms with Gasteiger partial charge in [0.15, 0.2) is 0 Å². The monoisotopic (exact) mass is 191 g/mol. The average molecular weight is 191 g/mol. The van der Waals surface area contributed by atoms with E-state index < -0.39 is 0 Å². The zero-order valence-electron chi connectivity index (χ0n) is 8.00. The number of aromatic nitrogens is 1. The van der Waals surface area contributed by atoms with E-state index in [4.69, 9.17) is 0 Å². The maximum Gasteiger partial charge on any atom is 0.0904 e. The predicted octanol–water partition coefficient (Wildman–Crippen LogP) is 3.49. The maximum absolute atomic E-state index is 4.53. The van der Waals surface area contributed by atoms with Crippen molar-refractivity contribution in [2.24, 2.45) is 0 Å². The molecule has 1 aliphatic rings. The summed E-state index contributed by atoms with van der Waals surface area (Å²) in [4.78, 5) is 5.86. The van der Waals surface area contributed by atoms with Crippen molar-refractivity contribution in [1.29, 1.82) is 0 Å². The lowest BCUT2D eigenvalue weighted by molar-refractivity contribution is 1.04. The molecule has 0 N–H and O–H groups in total. The number of rotatable bonds is 1. The molecule has 1 heterocycles. The van der Waals surface area contributed by atoms with Crippen LogP contribution < -0.4 is 0 Å². The van der Waals surface area contributed by atoms with Gasteiger partial charge >= 0.3 is 0 Å². The molecular formula is C11H13NS. The van der Waals surface area contributed by atoms with Crippen LogP contribution in [-0.2, 0) is 0 Å².